The first-order valence-corrected chi connectivity index (χ1v) is 8.81. The number of carbonyl (C=O) groups excluding carboxylic acids is 1. The summed E-state index contributed by atoms with van der Waals surface area (Å²) in [5.74, 6) is -0.236. The molecule has 1 aliphatic carbocycles. The van der Waals surface area contributed by atoms with E-state index < -0.39 is 11.7 Å². The molecule has 1 aliphatic rings. The molecule has 0 atom stereocenters. The standard InChI is InChI=1S/C22H13ClF3NO/c23-15-4-3-5-16(12-15)27-20-17-6-1-2-7-18(17)21(28)19(20)13-8-10-14(11-9-13)22(24,25)26/h1-12,27H. The van der Waals surface area contributed by atoms with Crippen LogP contribution in [-0.4, -0.2) is 5.78 Å². The highest BCUT2D eigenvalue weighted by molar-refractivity contribution is 6.40. The number of benzene rings is 3. The van der Waals surface area contributed by atoms with Crippen LogP contribution in [0.4, 0.5) is 18.9 Å². The predicted octanol–water partition coefficient (Wildman–Crippen LogP) is 6.54. The first kappa shape index (κ1) is 18.3. The molecular weight excluding hydrogens is 387 g/mol. The molecule has 0 saturated carbocycles. The Morgan fingerprint density at radius 1 is 0.821 bits per heavy atom. The molecule has 0 unspecified atom stereocenters. The third-order valence-corrected chi connectivity index (χ3v) is 4.75. The normalized spacial score (nSPS) is 13.6. The SMILES string of the molecule is O=C1C(c2ccc(C(F)(F)F)cc2)=C(Nc2cccc(Cl)c2)c2ccccc21. The minimum atomic E-state index is -4.43. The molecule has 1 N–H and O–H groups in total. The zero-order valence-electron chi connectivity index (χ0n) is 14.3. The Kier molecular flexibility index (Phi) is 4.47. The number of anilines is 1. The monoisotopic (exact) mass is 399 g/mol. The molecule has 0 amide bonds. The Labute approximate surface area is 164 Å². The van der Waals surface area contributed by atoms with Crippen LogP contribution in [0.25, 0.3) is 11.3 Å². The first-order chi connectivity index (χ1) is 13.3. The third-order valence-electron chi connectivity index (χ3n) is 4.51. The number of alkyl halides is 3. The van der Waals surface area contributed by atoms with Gasteiger partial charge in [-0.1, -0.05) is 54.1 Å². The van der Waals surface area contributed by atoms with Crippen molar-refractivity contribution in [2.75, 3.05) is 5.32 Å². The largest absolute Gasteiger partial charge is 0.416 e. The first-order valence-electron chi connectivity index (χ1n) is 8.43. The van der Waals surface area contributed by atoms with Gasteiger partial charge in [0.15, 0.2) is 5.78 Å². The molecule has 3 aromatic carbocycles. The maximum Gasteiger partial charge on any atom is 0.416 e. The number of nitrogens with one attached hydrogen (secondary N) is 1. The minimum Gasteiger partial charge on any atom is -0.354 e. The van der Waals surface area contributed by atoms with Crippen LogP contribution in [0.5, 0.6) is 0 Å². The number of halogens is 4. The molecule has 0 spiro atoms. The Morgan fingerprint density at radius 2 is 1.50 bits per heavy atom. The highest BCUT2D eigenvalue weighted by Crippen LogP contribution is 2.40. The summed E-state index contributed by atoms with van der Waals surface area (Å²) in [5, 5.41) is 3.74. The molecule has 0 aromatic heterocycles. The third kappa shape index (κ3) is 3.29. The van der Waals surface area contributed by atoms with Gasteiger partial charge in [-0.2, -0.15) is 13.2 Å². The Bertz CT molecular complexity index is 1100. The van der Waals surface area contributed by atoms with E-state index in [2.05, 4.69) is 5.32 Å². The van der Waals surface area contributed by atoms with Crippen molar-refractivity contribution in [2.24, 2.45) is 0 Å². The van der Waals surface area contributed by atoms with Gasteiger partial charge in [-0.3, -0.25) is 4.79 Å². The van der Waals surface area contributed by atoms with Gasteiger partial charge in [0.25, 0.3) is 0 Å². The van der Waals surface area contributed by atoms with Crippen LogP contribution in [0, 0.1) is 0 Å². The van der Waals surface area contributed by atoms with Crippen molar-refractivity contribution in [1.82, 2.24) is 0 Å². The molecule has 0 saturated heterocycles. The van der Waals surface area contributed by atoms with E-state index in [0.29, 0.717) is 38.7 Å². The summed E-state index contributed by atoms with van der Waals surface area (Å²) >= 11 is 6.04. The van der Waals surface area contributed by atoms with E-state index in [-0.39, 0.29) is 5.78 Å². The van der Waals surface area contributed by atoms with Gasteiger partial charge in [-0.25, -0.2) is 0 Å². The van der Waals surface area contributed by atoms with E-state index in [9.17, 15) is 18.0 Å². The van der Waals surface area contributed by atoms with Crippen LogP contribution in [0.15, 0.2) is 72.8 Å². The molecule has 28 heavy (non-hydrogen) atoms. The number of Topliss-reactive ketones (excluding diaryl/α,β-unsaturated/α-hetero) is 1. The number of hydrogen-bond acceptors (Lipinski definition) is 2. The Balaban J connectivity index is 1.84. The molecule has 4 rings (SSSR count). The van der Waals surface area contributed by atoms with Crippen molar-refractivity contribution in [3.05, 3.63) is 100 Å². The maximum atomic E-state index is 13.0. The van der Waals surface area contributed by atoms with Crippen LogP contribution >= 0.6 is 11.6 Å². The minimum absolute atomic E-state index is 0.236. The molecule has 0 aliphatic heterocycles. The Hall–Kier alpha value is -3.05. The van der Waals surface area contributed by atoms with Gasteiger partial charge in [-0.15, -0.1) is 0 Å². The number of allylic oxidation sites excluding steroid dienone is 1. The summed E-state index contributed by atoms with van der Waals surface area (Å²) in [7, 11) is 0. The van der Waals surface area contributed by atoms with Gasteiger partial charge in [-0.05, 0) is 35.9 Å². The molecule has 3 aromatic rings. The fourth-order valence-corrected chi connectivity index (χ4v) is 3.41. The molecular formula is C22H13ClF3NO. The van der Waals surface area contributed by atoms with Crippen molar-refractivity contribution in [3.63, 3.8) is 0 Å². The summed E-state index contributed by atoms with van der Waals surface area (Å²) in [6, 6.07) is 18.7. The second kappa shape index (κ2) is 6.84. The van der Waals surface area contributed by atoms with Crippen LogP contribution < -0.4 is 5.32 Å². The summed E-state index contributed by atoms with van der Waals surface area (Å²) in [5.41, 5.74) is 2.40. The zero-order chi connectivity index (χ0) is 19.9. The van der Waals surface area contributed by atoms with Gasteiger partial charge in [0.05, 0.1) is 16.8 Å². The molecule has 0 radical (unpaired) electrons. The van der Waals surface area contributed by atoms with Crippen molar-refractivity contribution >= 4 is 34.3 Å². The van der Waals surface area contributed by atoms with Crippen LogP contribution in [0.2, 0.25) is 5.02 Å². The smallest absolute Gasteiger partial charge is 0.354 e. The van der Waals surface area contributed by atoms with Gasteiger partial charge in [0, 0.05) is 21.8 Å². The van der Waals surface area contributed by atoms with Crippen LogP contribution in [0.1, 0.15) is 27.0 Å². The Morgan fingerprint density at radius 3 is 2.14 bits per heavy atom. The van der Waals surface area contributed by atoms with Gasteiger partial charge >= 0.3 is 6.18 Å². The average Bonchev–Trinajstić information content (AvgIpc) is 2.94. The quantitative estimate of drug-likeness (QED) is 0.542. The van der Waals surface area contributed by atoms with E-state index in [1.165, 1.54) is 12.1 Å². The fourth-order valence-electron chi connectivity index (χ4n) is 3.22. The predicted molar refractivity (Wildman–Crippen MR) is 104 cm³/mol. The lowest BCUT2D eigenvalue weighted by atomic mass is 10.00. The van der Waals surface area contributed by atoms with Crippen molar-refractivity contribution in [1.29, 1.82) is 0 Å². The van der Waals surface area contributed by atoms with Crippen molar-refractivity contribution < 1.29 is 18.0 Å². The van der Waals surface area contributed by atoms with Crippen LogP contribution in [-0.2, 0) is 6.18 Å². The number of fused-ring (bicyclic) bond motifs is 1. The molecule has 140 valence electrons. The molecule has 2 nitrogen and oxygen atoms in total. The van der Waals surface area contributed by atoms with E-state index >= 15 is 0 Å². The molecule has 0 heterocycles. The molecule has 6 heteroatoms. The van der Waals surface area contributed by atoms with E-state index in [1.54, 1.807) is 42.5 Å². The second-order valence-corrected chi connectivity index (χ2v) is 6.77. The lowest BCUT2D eigenvalue weighted by molar-refractivity contribution is -0.137. The summed E-state index contributed by atoms with van der Waals surface area (Å²) in [6.45, 7) is 0. The summed E-state index contributed by atoms with van der Waals surface area (Å²) in [4.78, 5) is 13.0. The van der Waals surface area contributed by atoms with E-state index in [4.69, 9.17) is 11.6 Å². The average molecular weight is 400 g/mol. The molecule has 0 fully saturated rings. The fraction of sp³-hybridized carbons (Fsp3) is 0.0455. The van der Waals surface area contributed by atoms with Gasteiger partial charge in [0.2, 0.25) is 0 Å². The van der Waals surface area contributed by atoms with Gasteiger partial charge < -0.3 is 5.32 Å². The topological polar surface area (TPSA) is 29.1 Å². The highest BCUT2D eigenvalue weighted by atomic mass is 35.5. The number of ketones is 1. The van der Waals surface area contributed by atoms with E-state index in [1.807, 2.05) is 6.07 Å². The number of hydrogen-bond donors (Lipinski definition) is 1. The van der Waals surface area contributed by atoms with Crippen LogP contribution in [0.3, 0.4) is 0 Å². The summed E-state index contributed by atoms with van der Waals surface area (Å²) < 4.78 is 38.7. The lowest BCUT2D eigenvalue weighted by Gasteiger charge is -2.13. The number of rotatable bonds is 3. The zero-order valence-corrected chi connectivity index (χ0v) is 15.1. The van der Waals surface area contributed by atoms with Crippen molar-refractivity contribution in [3.8, 4) is 0 Å². The summed E-state index contributed by atoms with van der Waals surface area (Å²) in [6.07, 6.45) is -4.43. The number of carbonyl (C=O) groups is 1. The maximum absolute atomic E-state index is 13.0. The van der Waals surface area contributed by atoms with E-state index in [0.717, 1.165) is 12.1 Å². The lowest BCUT2D eigenvalue weighted by Crippen LogP contribution is -2.06. The second-order valence-electron chi connectivity index (χ2n) is 6.34. The molecule has 0 bridgehead atoms. The van der Waals surface area contributed by atoms with Crippen molar-refractivity contribution in [2.45, 2.75) is 6.18 Å². The highest BCUT2D eigenvalue weighted by Gasteiger charge is 2.33. The van der Waals surface area contributed by atoms with Gasteiger partial charge in [0.1, 0.15) is 0 Å².